The molecule has 5 fully saturated rings. The Balaban J connectivity index is 1.04. The van der Waals surface area contributed by atoms with E-state index in [9.17, 15) is 9.90 Å². The second-order valence-corrected chi connectivity index (χ2v) is 11.5. The van der Waals surface area contributed by atoms with Crippen LogP contribution in [0.15, 0.2) is 42.6 Å². The highest BCUT2D eigenvalue weighted by atomic mass is 16.7. The fraction of sp³-hybridized carbons (Fsp3) is 0.571. The van der Waals surface area contributed by atoms with Crippen molar-refractivity contribution in [3.8, 4) is 0 Å². The van der Waals surface area contributed by atoms with Gasteiger partial charge in [-0.05, 0) is 74.1 Å². The number of aliphatic hydroxyl groups is 1. The zero-order valence-corrected chi connectivity index (χ0v) is 21.1. The quantitative estimate of drug-likeness (QED) is 0.653. The van der Waals surface area contributed by atoms with Crippen molar-refractivity contribution in [2.45, 2.75) is 43.7 Å². The molecule has 2 aliphatic heterocycles. The number of pyridine rings is 1. The van der Waals surface area contributed by atoms with E-state index in [2.05, 4.69) is 27.2 Å². The highest BCUT2D eigenvalue weighted by molar-refractivity contribution is 5.79. The van der Waals surface area contributed by atoms with Crippen LogP contribution in [0.4, 0.5) is 27.7 Å². The van der Waals surface area contributed by atoms with Crippen LogP contribution in [0, 0.1) is 17.8 Å². The molecule has 3 heterocycles. The number of aromatic nitrogens is 1. The number of benzene rings is 1. The number of nitrogens with one attached hydrogen (secondary N) is 1. The highest BCUT2D eigenvalue weighted by Crippen LogP contribution is 2.55. The monoisotopic (exact) mass is 505 g/mol. The molecule has 196 valence electrons. The summed E-state index contributed by atoms with van der Waals surface area (Å²) in [7, 11) is 0. The molecule has 4 aliphatic carbocycles. The SMILES string of the molecule is O=C(NC1[C@@H]2CC3C[C@H]1CC(O)(C3)C2)ON1CCN(c2ccc(N3CCOCC3)cn2)c2ccccc21. The average molecular weight is 506 g/mol. The summed E-state index contributed by atoms with van der Waals surface area (Å²) in [5.74, 6) is 2.17. The number of anilines is 4. The van der Waals surface area contributed by atoms with Gasteiger partial charge in [-0.2, -0.15) is 0 Å². The second-order valence-electron chi connectivity index (χ2n) is 11.5. The molecule has 4 saturated carbocycles. The first-order valence-electron chi connectivity index (χ1n) is 13.7. The van der Waals surface area contributed by atoms with Crippen LogP contribution in [0.25, 0.3) is 0 Å². The molecule has 0 radical (unpaired) electrons. The van der Waals surface area contributed by atoms with E-state index in [-0.39, 0.29) is 6.04 Å². The largest absolute Gasteiger partial charge is 0.431 e. The van der Waals surface area contributed by atoms with Crippen LogP contribution < -0.4 is 20.2 Å². The Bertz CT molecular complexity index is 1140. The minimum Gasteiger partial charge on any atom is -0.390 e. The van der Waals surface area contributed by atoms with E-state index in [4.69, 9.17) is 14.6 Å². The van der Waals surface area contributed by atoms with E-state index in [0.717, 1.165) is 81.3 Å². The van der Waals surface area contributed by atoms with Crippen LogP contribution in [-0.2, 0) is 9.57 Å². The third kappa shape index (κ3) is 4.28. The Morgan fingerprint density at radius 1 is 1.00 bits per heavy atom. The van der Waals surface area contributed by atoms with E-state index in [1.54, 1.807) is 5.06 Å². The van der Waals surface area contributed by atoms with Gasteiger partial charge in [0.25, 0.3) is 0 Å². The molecule has 9 heteroatoms. The van der Waals surface area contributed by atoms with Gasteiger partial charge in [0.05, 0.1) is 48.6 Å². The smallest absolute Gasteiger partial charge is 0.390 e. The maximum absolute atomic E-state index is 13.1. The predicted octanol–water partition coefficient (Wildman–Crippen LogP) is 3.46. The zero-order chi connectivity index (χ0) is 25.0. The van der Waals surface area contributed by atoms with Crippen LogP contribution in [0.1, 0.15) is 32.1 Å². The number of carbonyl (C=O) groups excluding carboxylic acids is 1. The van der Waals surface area contributed by atoms with Crippen molar-refractivity contribution in [3.63, 3.8) is 0 Å². The number of morpholine rings is 1. The molecule has 0 spiro atoms. The summed E-state index contributed by atoms with van der Waals surface area (Å²) in [5.41, 5.74) is 2.41. The van der Waals surface area contributed by atoms with Gasteiger partial charge in [-0.3, -0.25) is 0 Å². The van der Waals surface area contributed by atoms with Crippen molar-refractivity contribution in [2.75, 3.05) is 54.3 Å². The normalized spacial score (nSPS) is 32.3. The number of ether oxygens (including phenoxy) is 1. The lowest BCUT2D eigenvalue weighted by Crippen LogP contribution is -2.62. The average Bonchev–Trinajstić information content (AvgIpc) is 2.91. The summed E-state index contributed by atoms with van der Waals surface area (Å²) in [4.78, 5) is 28.2. The molecule has 4 bridgehead atoms. The third-order valence-corrected chi connectivity index (χ3v) is 9.07. The lowest BCUT2D eigenvalue weighted by atomic mass is 9.52. The number of para-hydroxylation sites is 2. The molecular formula is C28H35N5O4. The van der Waals surface area contributed by atoms with Crippen LogP contribution in [-0.4, -0.2) is 67.2 Å². The van der Waals surface area contributed by atoms with Gasteiger partial charge < -0.3 is 29.8 Å². The van der Waals surface area contributed by atoms with Gasteiger partial charge in [0.15, 0.2) is 0 Å². The molecule has 9 nitrogen and oxygen atoms in total. The van der Waals surface area contributed by atoms with E-state index < -0.39 is 11.7 Å². The fourth-order valence-electron chi connectivity index (χ4n) is 7.69. The Labute approximate surface area is 217 Å². The lowest BCUT2D eigenvalue weighted by molar-refractivity contribution is -0.137. The first kappa shape index (κ1) is 23.1. The minimum absolute atomic E-state index is 0.0926. The first-order valence-corrected chi connectivity index (χ1v) is 13.7. The Morgan fingerprint density at radius 2 is 1.76 bits per heavy atom. The maximum atomic E-state index is 13.1. The highest BCUT2D eigenvalue weighted by Gasteiger charge is 2.55. The minimum atomic E-state index is -0.512. The number of fused-ring (bicyclic) bond motifs is 1. The standard InChI is InChI=1S/C28H35N5O4/c34-27(30-26-20-13-19-14-21(26)17-28(35,15-19)16-20)37-33-8-7-32(23-3-1-2-4-24(23)33)25-6-5-22(18-29-25)31-9-11-36-12-10-31/h1-6,18-21,26,35H,7-17H2,(H,30,34)/t19?,20-,21+,26?,28?. The van der Waals surface area contributed by atoms with Crippen molar-refractivity contribution in [1.82, 2.24) is 10.3 Å². The van der Waals surface area contributed by atoms with Gasteiger partial charge >= 0.3 is 6.09 Å². The van der Waals surface area contributed by atoms with Crippen molar-refractivity contribution in [3.05, 3.63) is 42.6 Å². The molecule has 37 heavy (non-hydrogen) atoms. The van der Waals surface area contributed by atoms with Crippen LogP contribution >= 0.6 is 0 Å². The van der Waals surface area contributed by atoms with Gasteiger partial charge in [0, 0.05) is 25.7 Å². The Morgan fingerprint density at radius 3 is 2.46 bits per heavy atom. The summed E-state index contributed by atoms with van der Waals surface area (Å²) in [6.07, 6.45) is 6.25. The maximum Gasteiger partial charge on any atom is 0.431 e. The molecular weight excluding hydrogens is 470 g/mol. The molecule has 8 rings (SSSR count). The van der Waals surface area contributed by atoms with Gasteiger partial charge in [0.2, 0.25) is 0 Å². The summed E-state index contributed by atoms with van der Waals surface area (Å²) in [6.45, 7) is 4.44. The molecule has 1 aromatic heterocycles. The number of nitrogens with zero attached hydrogens (tertiary/aromatic N) is 4. The van der Waals surface area contributed by atoms with E-state index >= 15 is 0 Å². The number of hydrogen-bond donors (Lipinski definition) is 2. The zero-order valence-electron chi connectivity index (χ0n) is 21.1. The lowest BCUT2D eigenvalue weighted by Gasteiger charge is -2.57. The van der Waals surface area contributed by atoms with Crippen LogP contribution in [0.5, 0.6) is 0 Å². The van der Waals surface area contributed by atoms with Gasteiger partial charge in [-0.1, -0.05) is 12.1 Å². The van der Waals surface area contributed by atoms with Crippen LogP contribution in [0.2, 0.25) is 0 Å². The molecule has 3 unspecified atom stereocenters. The van der Waals surface area contributed by atoms with E-state index in [0.29, 0.717) is 30.8 Å². The van der Waals surface area contributed by atoms with Crippen LogP contribution in [0.3, 0.4) is 0 Å². The molecule has 6 aliphatic rings. The summed E-state index contributed by atoms with van der Waals surface area (Å²) in [5, 5.41) is 15.7. The third-order valence-electron chi connectivity index (χ3n) is 9.07. The Kier molecular flexibility index (Phi) is 5.66. The molecule has 2 aromatic rings. The summed E-state index contributed by atoms with van der Waals surface area (Å²) < 4.78 is 5.46. The number of amides is 1. The van der Waals surface area contributed by atoms with Gasteiger partial charge in [-0.25, -0.2) is 14.8 Å². The summed E-state index contributed by atoms with van der Waals surface area (Å²) in [6, 6.07) is 12.3. The predicted molar refractivity (Wildman–Crippen MR) is 140 cm³/mol. The number of hydroxylamine groups is 1. The fourth-order valence-corrected chi connectivity index (χ4v) is 7.69. The molecule has 5 atom stereocenters. The molecule has 1 aromatic carbocycles. The molecule has 2 N–H and O–H groups in total. The molecule has 1 amide bonds. The van der Waals surface area contributed by atoms with Crippen molar-refractivity contribution < 1.29 is 19.5 Å². The van der Waals surface area contributed by atoms with Gasteiger partial charge in [-0.15, -0.1) is 0 Å². The first-order chi connectivity index (χ1) is 18.0. The summed E-state index contributed by atoms with van der Waals surface area (Å²) >= 11 is 0. The van der Waals surface area contributed by atoms with Crippen molar-refractivity contribution in [2.24, 2.45) is 17.8 Å². The Hall–Kier alpha value is -3.04. The second kappa shape index (κ2) is 9.06. The topological polar surface area (TPSA) is 90.4 Å². The number of rotatable bonds is 4. The van der Waals surface area contributed by atoms with Crippen molar-refractivity contribution in [1.29, 1.82) is 0 Å². The number of carbonyl (C=O) groups is 1. The number of hydrogen-bond acceptors (Lipinski definition) is 8. The van der Waals surface area contributed by atoms with E-state index in [1.807, 2.05) is 30.5 Å². The van der Waals surface area contributed by atoms with Gasteiger partial charge in [0.1, 0.15) is 5.82 Å². The van der Waals surface area contributed by atoms with Crippen molar-refractivity contribution >= 4 is 29.0 Å². The molecule has 1 saturated heterocycles. The van der Waals surface area contributed by atoms with E-state index in [1.165, 1.54) is 0 Å².